The fourth-order valence-corrected chi connectivity index (χ4v) is 2.18. The van der Waals surface area contributed by atoms with E-state index in [4.69, 9.17) is 0 Å². The van der Waals surface area contributed by atoms with Crippen LogP contribution in [-0.2, 0) is 0 Å². The van der Waals surface area contributed by atoms with Gasteiger partial charge < -0.3 is 10.1 Å². The predicted molar refractivity (Wildman–Crippen MR) is 73.5 cm³/mol. The summed E-state index contributed by atoms with van der Waals surface area (Å²) in [6.07, 6.45) is 1.34. The van der Waals surface area contributed by atoms with Gasteiger partial charge in [-0.15, -0.1) is 0 Å². The van der Waals surface area contributed by atoms with E-state index in [-0.39, 0.29) is 0 Å². The molecule has 0 amide bonds. The van der Waals surface area contributed by atoms with E-state index in [1.54, 1.807) is 0 Å². The molecule has 3 aromatic rings. The molecule has 1 aromatic heterocycles. The number of aliphatic hydroxyl groups excluding tert-OH is 1. The SMILES string of the molecule is Cc1ccc(C(O)c2ccc3[nH]ccc3c2)cc1. The molecule has 3 rings (SSSR count). The fraction of sp³-hybridized carbons (Fsp3) is 0.125. The van der Waals surface area contributed by atoms with E-state index in [9.17, 15) is 5.11 Å². The molecule has 2 aromatic carbocycles. The Morgan fingerprint density at radius 2 is 1.67 bits per heavy atom. The summed E-state index contributed by atoms with van der Waals surface area (Å²) in [5, 5.41) is 11.5. The number of benzene rings is 2. The average molecular weight is 237 g/mol. The Bertz CT molecular complexity index is 667. The molecule has 0 saturated carbocycles. The Morgan fingerprint density at radius 1 is 0.944 bits per heavy atom. The number of aryl methyl sites for hydroxylation is 1. The first-order valence-electron chi connectivity index (χ1n) is 6.06. The zero-order valence-electron chi connectivity index (χ0n) is 10.2. The van der Waals surface area contributed by atoms with Crippen LogP contribution in [0.1, 0.15) is 22.8 Å². The van der Waals surface area contributed by atoms with Gasteiger partial charge in [0.2, 0.25) is 0 Å². The van der Waals surface area contributed by atoms with Gasteiger partial charge in [-0.1, -0.05) is 35.9 Å². The number of hydrogen-bond donors (Lipinski definition) is 2. The Labute approximate surface area is 106 Å². The minimum absolute atomic E-state index is 0.565. The van der Waals surface area contributed by atoms with Crippen molar-refractivity contribution in [3.05, 3.63) is 71.4 Å². The van der Waals surface area contributed by atoms with Gasteiger partial charge in [-0.2, -0.15) is 0 Å². The lowest BCUT2D eigenvalue weighted by Crippen LogP contribution is -1.99. The van der Waals surface area contributed by atoms with E-state index in [0.29, 0.717) is 0 Å². The van der Waals surface area contributed by atoms with Crippen LogP contribution >= 0.6 is 0 Å². The van der Waals surface area contributed by atoms with Gasteiger partial charge in [0.15, 0.2) is 0 Å². The smallest absolute Gasteiger partial charge is 0.104 e. The van der Waals surface area contributed by atoms with Gasteiger partial charge in [-0.05, 0) is 41.6 Å². The maximum Gasteiger partial charge on any atom is 0.104 e. The molecule has 1 heterocycles. The topological polar surface area (TPSA) is 36.0 Å². The summed E-state index contributed by atoms with van der Waals surface area (Å²) in [6.45, 7) is 2.04. The van der Waals surface area contributed by atoms with Gasteiger partial charge >= 0.3 is 0 Å². The highest BCUT2D eigenvalue weighted by Gasteiger charge is 2.10. The van der Waals surface area contributed by atoms with Gasteiger partial charge in [0.1, 0.15) is 6.10 Å². The van der Waals surface area contributed by atoms with Crippen LogP contribution in [0, 0.1) is 6.92 Å². The highest BCUT2D eigenvalue weighted by Crippen LogP contribution is 2.25. The molecule has 0 spiro atoms. The van der Waals surface area contributed by atoms with Crippen LogP contribution in [0.15, 0.2) is 54.7 Å². The number of fused-ring (bicyclic) bond motifs is 1. The number of aliphatic hydroxyl groups is 1. The first-order chi connectivity index (χ1) is 8.74. The van der Waals surface area contributed by atoms with Crippen molar-refractivity contribution in [3.8, 4) is 0 Å². The van der Waals surface area contributed by atoms with Gasteiger partial charge in [-0.25, -0.2) is 0 Å². The first-order valence-corrected chi connectivity index (χ1v) is 6.06. The van der Waals surface area contributed by atoms with Crippen LogP contribution in [0.2, 0.25) is 0 Å². The number of aromatic amines is 1. The monoisotopic (exact) mass is 237 g/mol. The van der Waals surface area contributed by atoms with Crippen LogP contribution in [0.5, 0.6) is 0 Å². The van der Waals surface area contributed by atoms with Crippen LogP contribution in [0.4, 0.5) is 0 Å². The van der Waals surface area contributed by atoms with E-state index >= 15 is 0 Å². The summed E-state index contributed by atoms with van der Waals surface area (Å²) in [7, 11) is 0. The van der Waals surface area contributed by atoms with Crippen molar-refractivity contribution in [3.63, 3.8) is 0 Å². The van der Waals surface area contributed by atoms with E-state index < -0.39 is 6.10 Å². The number of H-pyrrole nitrogens is 1. The molecule has 90 valence electrons. The van der Waals surface area contributed by atoms with E-state index in [1.807, 2.05) is 61.7 Å². The van der Waals surface area contributed by atoms with Crippen molar-refractivity contribution in [1.82, 2.24) is 4.98 Å². The molecule has 0 saturated heterocycles. The normalized spacial score (nSPS) is 12.8. The second-order valence-corrected chi connectivity index (χ2v) is 4.64. The second-order valence-electron chi connectivity index (χ2n) is 4.64. The molecule has 0 bridgehead atoms. The second kappa shape index (κ2) is 4.31. The Kier molecular flexibility index (Phi) is 2.65. The Morgan fingerprint density at radius 3 is 2.44 bits per heavy atom. The van der Waals surface area contributed by atoms with Gasteiger partial charge in [0, 0.05) is 11.7 Å². The highest BCUT2D eigenvalue weighted by molar-refractivity contribution is 5.80. The number of rotatable bonds is 2. The van der Waals surface area contributed by atoms with Crippen LogP contribution < -0.4 is 0 Å². The van der Waals surface area contributed by atoms with Crippen LogP contribution in [0.25, 0.3) is 10.9 Å². The lowest BCUT2D eigenvalue weighted by atomic mass is 9.99. The molecule has 0 aliphatic rings. The molecule has 2 heteroatoms. The van der Waals surface area contributed by atoms with Crippen molar-refractivity contribution < 1.29 is 5.11 Å². The Hall–Kier alpha value is -2.06. The first kappa shape index (κ1) is 11.1. The molecule has 0 radical (unpaired) electrons. The highest BCUT2D eigenvalue weighted by atomic mass is 16.3. The van der Waals surface area contributed by atoms with Crippen molar-refractivity contribution in [2.75, 3.05) is 0 Å². The third-order valence-corrected chi connectivity index (χ3v) is 3.29. The summed E-state index contributed by atoms with van der Waals surface area (Å²) >= 11 is 0. The van der Waals surface area contributed by atoms with Gasteiger partial charge in [0.05, 0.1) is 0 Å². The summed E-state index contributed by atoms with van der Waals surface area (Å²) in [6, 6.07) is 16.0. The third-order valence-electron chi connectivity index (χ3n) is 3.29. The minimum Gasteiger partial charge on any atom is -0.384 e. The zero-order chi connectivity index (χ0) is 12.5. The molecular weight excluding hydrogens is 222 g/mol. The minimum atomic E-state index is -0.565. The Balaban J connectivity index is 2.00. The van der Waals surface area contributed by atoms with Gasteiger partial charge in [0.25, 0.3) is 0 Å². The number of aromatic nitrogens is 1. The average Bonchev–Trinajstić information content (AvgIpc) is 2.86. The molecular formula is C16H15NO. The summed E-state index contributed by atoms with van der Waals surface area (Å²) < 4.78 is 0. The fourth-order valence-electron chi connectivity index (χ4n) is 2.18. The molecule has 0 fully saturated rings. The van der Waals surface area contributed by atoms with Crippen LogP contribution in [-0.4, -0.2) is 10.1 Å². The van der Waals surface area contributed by atoms with Crippen molar-refractivity contribution in [2.24, 2.45) is 0 Å². The molecule has 2 nitrogen and oxygen atoms in total. The summed E-state index contributed by atoms with van der Waals surface area (Å²) in [5.74, 6) is 0. The predicted octanol–water partition coefficient (Wildman–Crippen LogP) is 3.56. The van der Waals surface area contributed by atoms with Crippen molar-refractivity contribution in [1.29, 1.82) is 0 Å². The van der Waals surface area contributed by atoms with E-state index in [0.717, 1.165) is 22.0 Å². The number of nitrogens with one attached hydrogen (secondary N) is 1. The van der Waals surface area contributed by atoms with Crippen molar-refractivity contribution >= 4 is 10.9 Å². The molecule has 1 unspecified atom stereocenters. The molecule has 2 N–H and O–H groups in total. The molecule has 0 aliphatic heterocycles. The summed E-state index contributed by atoms with van der Waals surface area (Å²) in [5.41, 5.74) is 4.14. The summed E-state index contributed by atoms with van der Waals surface area (Å²) in [4.78, 5) is 3.15. The molecule has 18 heavy (non-hydrogen) atoms. The molecule has 0 aliphatic carbocycles. The lowest BCUT2D eigenvalue weighted by Gasteiger charge is -2.12. The number of hydrogen-bond acceptors (Lipinski definition) is 1. The van der Waals surface area contributed by atoms with Crippen molar-refractivity contribution in [2.45, 2.75) is 13.0 Å². The quantitative estimate of drug-likeness (QED) is 0.702. The van der Waals surface area contributed by atoms with Gasteiger partial charge in [-0.3, -0.25) is 0 Å². The molecule has 1 atom stereocenters. The lowest BCUT2D eigenvalue weighted by molar-refractivity contribution is 0.220. The zero-order valence-corrected chi connectivity index (χ0v) is 10.2. The largest absolute Gasteiger partial charge is 0.384 e. The van der Waals surface area contributed by atoms with E-state index in [2.05, 4.69) is 4.98 Å². The maximum atomic E-state index is 10.4. The third kappa shape index (κ3) is 1.91. The standard InChI is InChI=1S/C16H15NO/c1-11-2-4-12(5-3-11)16(18)14-6-7-15-13(10-14)8-9-17-15/h2-10,16-18H,1H3. The van der Waals surface area contributed by atoms with Crippen LogP contribution in [0.3, 0.4) is 0 Å². The van der Waals surface area contributed by atoms with E-state index in [1.165, 1.54) is 5.56 Å². The maximum absolute atomic E-state index is 10.4.